The standard InChI is InChI=1S/C37H54O13/c1-21(25(45-23(3)38)22(2)20-24-16-14-13-15-17-24)18-19-35-26(39)27(40)37(50-35,31(43)49-34(10,11)12)36(44,30(42)48-33(7,8)9)28(46-35)29(41)47-32(4,5)6/h13-17,22,25-28,39-40,44H,1,18-20H2,2-12H3/t22-,25-,26-,27-,28-,35+,36-,37+/m1/s1. The van der Waals surface area contributed by atoms with Gasteiger partial charge in [-0.25, -0.2) is 14.4 Å². The molecule has 2 saturated heterocycles. The first-order chi connectivity index (χ1) is 22.7. The van der Waals surface area contributed by atoms with E-state index in [0.717, 1.165) is 5.56 Å². The molecule has 1 aromatic rings. The summed E-state index contributed by atoms with van der Waals surface area (Å²) in [5.74, 6) is -7.59. The summed E-state index contributed by atoms with van der Waals surface area (Å²) in [4.78, 5) is 54.3. The van der Waals surface area contributed by atoms with Crippen molar-refractivity contribution in [3.8, 4) is 0 Å². The van der Waals surface area contributed by atoms with Crippen molar-refractivity contribution in [1.82, 2.24) is 0 Å². The smallest absolute Gasteiger partial charge is 0.346 e. The second-order valence-electron chi connectivity index (χ2n) is 16.2. The van der Waals surface area contributed by atoms with Gasteiger partial charge in [0.25, 0.3) is 0 Å². The fourth-order valence-corrected chi connectivity index (χ4v) is 6.20. The molecule has 2 aliphatic rings. The van der Waals surface area contributed by atoms with Gasteiger partial charge in [-0.1, -0.05) is 43.8 Å². The van der Waals surface area contributed by atoms with Crippen molar-refractivity contribution in [2.24, 2.45) is 5.92 Å². The van der Waals surface area contributed by atoms with Gasteiger partial charge in [0.2, 0.25) is 17.3 Å². The lowest BCUT2D eigenvalue weighted by atomic mass is 9.74. The van der Waals surface area contributed by atoms with Crippen molar-refractivity contribution in [1.29, 1.82) is 0 Å². The fraction of sp³-hybridized carbons (Fsp3) is 0.676. The van der Waals surface area contributed by atoms with Crippen LogP contribution in [-0.2, 0) is 54.0 Å². The molecule has 3 rings (SSSR count). The number of carbonyl (C=O) groups is 4. The summed E-state index contributed by atoms with van der Waals surface area (Å²) < 4.78 is 34.5. The van der Waals surface area contributed by atoms with E-state index in [1.807, 2.05) is 37.3 Å². The molecule has 2 fully saturated rings. The molecule has 2 aliphatic heterocycles. The molecule has 3 N–H and O–H groups in total. The minimum Gasteiger partial charge on any atom is -0.458 e. The molecule has 50 heavy (non-hydrogen) atoms. The zero-order valence-corrected chi connectivity index (χ0v) is 31.0. The molecule has 0 aromatic heterocycles. The van der Waals surface area contributed by atoms with Crippen LogP contribution in [0.2, 0.25) is 0 Å². The van der Waals surface area contributed by atoms with E-state index in [0.29, 0.717) is 12.0 Å². The third-order valence-electron chi connectivity index (χ3n) is 8.20. The molecule has 13 nitrogen and oxygen atoms in total. The number of ether oxygens (including phenoxy) is 6. The Labute approximate surface area is 294 Å². The summed E-state index contributed by atoms with van der Waals surface area (Å²) in [7, 11) is 0. The van der Waals surface area contributed by atoms with Gasteiger partial charge in [-0.3, -0.25) is 4.79 Å². The normalized spacial score (nSPS) is 29.4. The van der Waals surface area contributed by atoms with E-state index in [9.17, 15) is 34.5 Å². The Bertz CT molecular complexity index is 1440. The van der Waals surface area contributed by atoms with E-state index >= 15 is 0 Å². The number of aliphatic hydroxyl groups is 3. The van der Waals surface area contributed by atoms with Crippen LogP contribution in [0.15, 0.2) is 42.5 Å². The molecule has 280 valence electrons. The summed E-state index contributed by atoms with van der Waals surface area (Å²) in [6.45, 7) is 20.8. The molecule has 0 saturated carbocycles. The first kappa shape index (κ1) is 41.1. The van der Waals surface area contributed by atoms with Crippen LogP contribution in [-0.4, -0.2) is 97.4 Å². The average Bonchev–Trinajstić information content (AvgIpc) is 3.15. The largest absolute Gasteiger partial charge is 0.458 e. The number of benzene rings is 1. The molecule has 2 bridgehead atoms. The Balaban J connectivity index is 2.15. The van der Waals surface area contributed by atoms with Gasteiger partial charge in [-0.05, 0) is 86.3 Å². The highest BCUT2D eigenvalue weighted by atomic mass is 16.8. The molecular weight excluding hydrogens is 652 g/mol. The lowest BCUT2D eigenvalue weighted by molar-refractivity contribution is -0.378. The maximum Gasteiger partial charge on any atom is 0.346 e. The molecular formula is C37H54O13. The first-order valence-electron chi connectivity index (χ1n) is 16.7. The van der Waals surface area contributed by atoms with Crippen LogP contribution < -0.4 is 0 Å². The van der Waals surface area contributed by atoms with Crippen molar-refractivity contribution in [3.05, 3.63) is 48.0 Å². The fourth-order valence-electron chi connectivity index (χ4n) is 6.20. The second-order valence-corrected chi connectivity index (χ2v) is 16.2. The molecule has 0 amide bonds. The number of hydrogen-bond acceptors (Lipinski definition) is 13. The van der Waals surface area contributed by atoms with E-state index in [2.05, 4.69) is 6.58 Å². The van der Waals surface area contributed by atoms with Crippen LogP contribution in [0.4, 0.5) is 0 Å². The summed E-state index contributed by atoms with van der Waals surface area (Å²) in [6, 6.07) is 9.52. The van der Waals surface area contributed by atoms with Crippen LogP contribution in [0.5, 0.6) is 0 Å². The maximum atomic E-state index is 14.2. The minimum atomic E-state index is -3.44. The van der Waals surface area contributed by atoms with Crippen molar-refractivity contribution in [3.63, 3.8) is 0 Å². The summed E-state index contributed by atoms with van der Waals surface area (Å²) >= 11 is 0. The van der Waals surface area contributed by atoms with Gasteiger partial charge in [0.05, 0.1) is 0 Å². The molecule has 0 spiro atoms. The van der Waals surface area contributed by atoms with Gasteiger partial charge in [0, 0.05) is 19.3 Å². The molecule has 2 heterocycles. The molecule has 8 atom stereocenters. The van der Waals surface area contributed by atoms with Gasteiger partial charge in [0.1, 0.15) is 35.1 Å². The number of aliphatic hydroxyl groups excluding tert-OH is 2. The molecule has 0 unspecified atom stereocenters. The zero-order chi connectivity index (χ0) is 38.3. The number of rotatable bonds is 11. The highest BCUT2D eigenvalue weighted by Crippen LogP contribution is 2.56. The Kier molecular flexibility index (Phi) is 11.8. The summed E-state index contributed by atoms with van der Waals surface area (Å²) in [6.07, 6.45) is -7.71. The predicted octanol–water partition coefficient (Wildman–Crippen LogP) is 3.48. The van der Waals surface area contributed by atoms with E-state index < -0.39 is 88.5 Å². The summed E-state index contributed by atoms with van der Waals surface area (Å²) in [5, 5.41) is 35.9. The Hall–Kier alpha value is -3.36. The van der Waals surface area contributed by atoms with Crippen molar-refractivity contribution >= 4 is 23.9 Å². The quantitative estimate of drug-likeness (QED) is 0.173. The van der Waals surface area contributed by atoms with Gasteiger partial charge in [-0.2, -0.15) is 0 Å². The predicted molar refractivity (Wildman–Crippen MR) is 179 cm³/mol. The van der Waals surface area contributed by atoms with Crippen molar-refractivity contribution in [2.45, 2.75) is 154 Å². The number of carbonyl (C=O) groups excluding carboxylic acids is 4. The topological polar surface area (TPSA) is 184 Å². The zero-order valence-electron chi connectivity index (χ0n) is 31.0. The molecule has 1 aromatic carbocycles. The van der Waals surface area contributed by atoms with E-state index in [1.54, 1.807) is 0 Å². The highest BCUT2D eigenvalue weighted by molar-refractivity contribution is 5.99. The maximum absolute atomic E-state index is 14.2. The average molecular weight is 707 g/mol. The lowest BCUT2D eigenvalue weighted by Gasteiger charge is -2.51. The van der Waals surface area contributed by atoms with E-state index in [-0.39, 0.29) is 12.3 Å². The van der Waals surface area contributed by atoms with Gasteiger partial charge < -0.3 is 43.7 Å². The SMILES string of the molecule is C=C(CC[C@]12O[C@H](C(=O)OC(C)(C)C)[C@@](O)(C(=O)OC(C)(C)C)[C@](C(=O)OC(C)(C)C)(O1)[C@H](O)[C@H]2O)[C@@H](OC(C)=O)[C@H](C)Cc1ccccc1. The van der Waals surface area contributed by atoms with E-state index in [4.69, 9.17) is 28.4 Å². The first-order valence-corrected chi connectivity index (χ1v) is 16.7. The highest BCUT2D eigenvalue weighted by Gasteiger charge is 2.85. The van der Waals surface area contributed by atoms with Crippen LogP contribution in [0.1, 0.15) is 94.6 Å². The molecule has 13 heteroatoms. The van der Waals surface area contributed by atoms with Crippen LogP contribution in [0, 0.1) is 5.92 Å². The minimum absolute atomic E-state index is 0.100. The number of hydrogen-bond donors (Lipinski definition) is 3. The third kappa shape index (κ3) is 8.56. The monoisotopic (exact) mass is 706 g/mol. The van der Waals surface area contributed by atoms with Crippen LogP contribution in [0.25, 0.3) is 0 Å². The third-order valence-corrected chi connectivity index (χ3v) is 8.20. The second kappa shape index (κ2) is 14.3. The lowest BCUT2D eigenvalue weighted by Crippen LogP contribution is -2.79. The van der Waals surface area contributed by atoms with Gasteiger partial charge in [0.15, 0.2) is 5.79 Å². The van der Waals surface area contributed by atoms with Gasteiger partial charge >= 0.3 is 23.9 Å². The van der Waals surface area contributed by atoms with Gasteiger partial charge in [-0.15, -0.1) is 0 Å². The molecule has 0 aliphatic carbocycles. The Morgan fingerprint density at radius 3 is 1.88 bits per heavy atom. The molecule has 0 radical (unpaired) electrons. The summed E-state index contributed by atoms with van der Waals surface area (Å²) in [5.41, 5.74) is -8.97. The Morgan fingerprint density at radius 1 is 0.860 bits per heavy atom. The number of fused-ring (bicyclic) bond motifs is 2. The van der Waals surface area contributed by atoms with E-state index in [1.165, 1.54) is 69.2 Å². The van der Waals surface area contributed by atoms with Crippen LogP contribution in [0.3, 0.4) is 0 Å². The Morgan fingerprint density at radius 2 is 1.38 bits per heavy atom. The van der Waals surface area contributed by atoms with Crippen molar-refractivity contribution in [2.75, 3.05) is 0 Å². The van der Waals surface area contributed by atoms with Crippen LogP contribution >= 0.6 is 0 Å². The number of esters is 4. The van der Waals surface area contributed by atoms with Crippen molar-refractivity contribution < 1.29 is 62.9 Å².